The molecule has 0 aromatic carbocycles. The first-order valence-corrected chi connectivity index (χ1v) is 12.0. The molecule has 0 aromatic rings. The van der Waals surface area contributed by atoms with Crippen molar-refractivity contribution in [2.75, 3.05) is 13.0 Å². The van der Waals surface area contributed by atoms with Crippen LogP contribution in [0.4, 0.5) is 0 Å². The summed E-state index contributed by atoms with van der Waals surface area (Å²) in [5, 5.41) is 31.7. The lowest BCUT2D eigenvalue weighted by molar-refractivity contribution is -0.140. The number of carbonyl (C=O) groups excluding carboxylic acids is 1. The maximum atomic E-state index is 11.1. The lowest BCUT2D eigenvalue weighted by Crippen LogP contribution is -2.40. The van der Waals surface area contributed by atoms with Gasteiger partial charge in [0.25, 0.3) is 0 Å². The third-order valence-corrected chi connectivity index (χ3v) is 7.29. The second-order valence-corrected chi connectivity index (χ2v) is 9.36. The molecule has 2 fully saturated rings. The van der Waals surface area contributed by atoms with E-state index in [1.807, 2.05) is 24.3 Å². The number of halogens is 1. The summed E-state index contributed by atoms with van der Waals surface area (Å²) in [6, 6.07) is 0. The van der Waals surface area contributed by atoms with Gasteiger partial charge in [-0.15, -0.1) is 11.6 Å². The maximum absolute atomic E-state index is 11.1. The molecule has 2 saturated carbocycles. The van der Waals surface area contributed by atoms with Crippen molar-refractivity contribution < 1.29 is 24.9 Å². The lowest BCUT2D eigenvalue weighted by atomic mass is 9.62. The smallest absolute Gasteiger partial charge is 0.305 e. The van der Waals surface area contributed by atoms with E-state index in [1.165, 1.54) is 7.11 Å². The fourth-order valence-corrected chi connectivity index (χ4v) is 5.07. The molecule has 0 heterocycles. The van der Waals surface area contributed by atoms with Crippen molar-refractivity contribution in [1.82, 2.24) is 0 Å². The monoisotopic (exact) mass is 442 g/mol. The van der Waals surface area contributed by atoms with Crippen LogP contribution in [0.5, 0.6) is 0 Å². The summed E-state index contributed by atoms with van der Waals surface area (Å²) in [6.45, 7) is 0. The van der Waals surface area contributed by atoms with E-state index in [4.69, 9.17) is 11.6 Å². The van der Waals surface area contributed by atoms with Crippen LogP contribution in [0.3, 0.4) is 0 Å². The molecule has 2 rings (SSSR count). The number of aliphatic hydroxyl groups is 3. The Balaban J connectivity index is 1.88. The summed E-state index contributed by atoms with van der Waals surface area (Å²) in [6.07, 6.45) is 15.4. The first-order valence-electron chi connectivity index (χ1n) is 11.4. The number of carbonyl (C=O) groups is 1. The Bertz CT molecular complexity index is 572. The molecule has 5 atom stereocenters. The van der Waals surface area contributed by atoms with Gasteiger partial charge in [-0.2, -0.15) is 0 Å². The van der Waals surface area contributed by atoms with Crippen molar-refractivity contribution >= 4 is 17.6 Å². The third kappa shape index (κ3) is 7.08. The molecule has 0 aromatic heterocycles. The number of allylic oxidation sites excluding steroid dienone is 2. The standard InChI is InChI=1S/C24H39ClO5/c1-30-23(29)10-5-3-2-4-9-18-19(21(27)17-20(18)26)11-12-22(28)24(14-8-15-24)13-6-7-16-25/h2,4,11-12,18-22,26-28H,3,5-10,13-17H2,1H3/b4-2-,12-11+/t18-,19-,20+,21-,22-/m1/s1. The highest BCUT2D eigenvalue weighted by molar-refractivity contribution is 6.17. The topological polar surface area (TPSA) is 87.0 Å². The summed E-state index contributed by atoms with van der Waals surface area (Å²) < 4.78 is 4.63. The van der Waals surface area contributed by atoms with E-state index in [0.29, 0.717) is 25.1 Å². The number of alkyl halides is 1. The molecule has 3 N–H and O–H groups in total. The van der Waals surface area contributed by atoms with Crippen LogP contribution in [0.2, 0.25) is 0 Å². The van der Waals surface area contributed by atoms with Crippen molar-refractivity contribution in [3.05, 3.63) is 24.3 Å². The second-order valence-electron chi connectivity index (χ2n) is 8.98. The molecule has 30 heavy (non-hydrogen) atoms. The molecule has 0 bridgehead atoms. The molecule has 2 aliphatic rings. The van der Waals surface area contributed by atoms with Gasteiger partial charge in [0.05, 0.1) is 25.4 Å². The predicted molar refractivity (Wildman–Crippen MR) is 119 cm³/mol. The summed E-state index contributed by atoms with van der Waals surface area (Å²) in [4.78, 5) is 11.1. The summed E-state index contributed by atoms with van der Waals surface area (Å²) in [5.74, 6) is 0.239. The second kappa shape index (κ2) is 12.8. The number of rotatable bonds is 13. The first kappa shape index (κ1) is 25.4. The van der Waals surface area contributed by atoms with Gasteiger partial charge < -0.3 is 20.1 Å². The summed E-state index contributed by atoms with van der Waals surface area (Å²) in [7, 11) is 1.39. The predicted octanol–water partition coefficient (Wildman–Crippen LogP) is 4.13. The Morgan fingerprint density at radius 3 is 2.60 bits per heavy atom. The van der Waals surface area contributed by atoms with Gasteiger partial charge in [0.2, 0.25) is 0 Å². The molecule has 0 unspecified atom stereocenters. The Morgan fingerprint density at radius 1 is 1.20 bits per heavy atom. The fraction of sp³-hybridized carbons (Fsp3) is 0.792. The molecular formula is C24H39ClO5. The molecular weight excluding hydrogens is 404 g/mol. The van der Waals surface area contributed by atoms with Crippen LogP contribution in [0.1, 0.15) is 70.6 Å². The number of methoxy groups -OCH3 is 1. The van der Waals surface area contributed by atoms with Gasteiger partial charge in [-0.05, 0) is 56.3 Å². The molecule has 6 heteroatoms. The van der Waals surface area contributed by atoms with Gasteiger partial charge >= 0.3 is 5.97 Å². The number of hydrogen-bond donors (Lipinski definition) is 3. The number of aliphatic hydroxyl groups excluding tert-OH is 3. The zero-order chi connectivity index (χ0) is 22.0. The van der Waals surface area contributed by atoms with Crippen LogP contribution in [-0.4, -0.2) is 52.6 Å². The van der Waals surface area contributed by atoms with Gasteiger partial charge in [-0.3, -0.25) is 4.79 Å². The quantitative estimate of drug-likeness (QED) is 0.173. The van der Waals surface area contributed by atoms with E-state index in [2.05, 4.69) is 4.74 Å². The van der Waals surface area contributed by atoms with E-state index in [-0.39, 0.29) is 23.2 Å². The van der Waals surface area contributed by atoms with Crippen molar-refractivity contribution in [1.29, 1.82) is 0 Å². The van der Waals surface area contributed by atoms with E-state index >= 15 is 0 Å². The number of esters is 1. The van der Waals surface area contributed by atoms with E-state index < -0.39 is 18.3 Å². The zero-order valence-electron chi connectivity index (χ0n) is 18.2. The Kier molecular flexibility index (Phi) is 10.9. The van der Waals surface area contributed by atoms with Gasteiger partial charge in [0, 0.05) is 24.6 Å². The molecule has 2 aliphatic carbocycles. The highest BCUT2D eigenvalue weighted by atomic mass is 35.5. The van der Waals surface area contributed by atoms with Crippen LogP contribution in [0.15, 0.2) is 24.3 Å². The van der Waals surface area contributed by atoms with Crippen molar-refractivity contribution in [3.8, 4) is 0 Å². The van der Waals surface area contributed by atoms with Crippen molar-refractivity contribution in [2.45, 2.75) is 88.9 Å². The Labute approximate surface area is 186 Å². The largest absolute Gasteiger partial charge is 0.469 e. The third-order valence-electron chi connectivity index (χ3n) is 7.02. The SMILES string of the molecule is COC(=O)CCC/C=C\C[C@@H]1[C@@H](/C=C/[C@@H](O)C2(CCCCCl)CCC2)[C@H](O)C[C@@H]1O. The molecule has 0 saturated heterocycles. The van der Waals surface area contributed by atoms with Crippen LogP contribution in [0.25, 0.3) is 0 Å². The van der Waals surface area contributed by atoms with Gasteiger partial charge in [-0.25, -0.2) is 0 Å². The van der Waals surface area contributed by atoms with E-state index in [1.54, 1.807) is 0 Å². The van der Waals surface area contributed by atoms with Crippen LogP contribution in [-0.2, 0) is 9.53 Å². The van der Waals surface area contributed by atoms with Crippen LogP contribution in [0, 0.1) is 17.3 Å². The maximum Gasteiger partial charge on any atom is 0.305 e. The molecule has 0 radical (unpaired) electrons. The minimum absolute atomic E-state index is 0.0419. The zero-order valence-corrected chi connectivity index (χ0v) is 19.0. The summed E-state index contributed by atoms with van der Waals surface area (Å²) in [5.41, 5.74) is -0.0419. The number of hydrogen-bond acceptors (Lipinski definition) is 5. The van der Waals surface area contributed by atoms with Crippen LogP contribution >= 0.6 is 11.6 Å². The minimum atomic E-state index is -0.588. The average Bonchev–Trinajstić information content (AvgIpc) is 2.96. The van der Waals surface area contributed by atoms with E-state index in [9.17, 15) is 20.1 Å². The molecule has 0 amide bonds. The fourth-order valence-electron chi connectivity index (χ4n) is 4.88. The van der Waals surface area contributed by atoms with E-state index in [0.717, 1.165) is 51.4 Å². The van der Waals surface area contributed by atoms with Crippen molar-refractivity contribution in [2.24, 2.45) is 17.3 Å². The highest BCUT2D eigenvalue weighted by Gasteiger charge is 2.43. The molecule has 5 nitrogen and oxygen atoms in total. The molecule has 172 valence electrons. The van der Waals surface area contributed by atoms with Gasteiger partial charge in [-0.1, -0.05) is 37.1 Å². The summed E-state index contributed by atoms with van der Waals surface area (Å²) >= 11 is 5.80. The van der Waals surface area contributed by atoms with Crippen molar-refractivity contribution in [3.63, 3.8) is 0 Å². The highest BCUT2D eigenvalue weighted by Crippen LogP contribution is 2.48. The average molecular weight is 443 g/mol. The van der Waals surface area contributed by atoms with Gasteiger partial charge in [0.15, 0.2) is 0 Å². The number of ether oxygens (including phenoxy) is 1. The molecule has 0 spiro atoms. The molecule has 0 aliphatic heterocycles. The number of unbranched alkanes of at least 4 members (excludes halogenated alkanes) is 2. The van der Waals surface area contributed by atoms with Gasteiger partial charge in [0.1, 0.15) is 0 Å². The first-order chi connectivity index (χ1) is 14.4. The minimum Gasteiger partial charge on any atom is -0.469 e. The van der Waals surface area contributed by atoms with Crippen LogP contribution < -0.4 is 0 Å². The lowest BCUT2D eigenvalue weighted by Gasteiger charge is -2.45. The Hall–Kier alpha value is -0.880. The Morgan fingerprint density at radius 2 is 1.97 bits per heavy atom. The normalized spacial score (nSPS) is 29.4.